The van der Waals surface area contributed by atoms with Crippen LogP contribution in [0, 0.1) is 19.3 Å². The normalized spacial score (nSPS) is 9.62. The van der Waals surface area contributed by atoms with Gasteiger partial charge in [-0.15, -0.1) is 6.42 Å². The van der Waals surface area contributed by atoms with Crippen molar-refractivity contribution in [3.05, 3.63) is 28.8 Å². The van der Waals surface area contributed by atoms with Crippen molar-refractivity contribution in [2.75, 3.05) is 11.4 Å². The first-order chi connectivity index (χ1) is 7.61. The van der Waals surface area contributed by atoms with Crippen molar-refractivity contribution in [1.82, 2.24) is 0 Å². The fourth-order valence-corrected chi connectivity index (χ4v) is 2.02. The van der Waals surface area contributed by atoms with Gasteiger partial charge in [0.1, 0.15) is 0 Å². The first kappa shape index (κ1) is 13.0. The second-order valence-electron chi connectivity index (χ2n) is 3.44. The molecule has 16 heavy (non-hydrogen) atoms. The number of rotatable bonds is 3. The summed E-state index contributed by atoms with van der Waals surface area (Å²) in [5.41, 5.74) is 2.01. The van der Waals surface area contributed by atoms with E-state index in [0.717, 1.165) is 22.7 Å². The van der Waals surface area contributed by atoms with Gasteiger partial charge >= 0.3 is 0 Å². The standard InChI is InChI=1S/C13H14ClNS/c1-4-9-15(12(16)5-2)13-10(3)7-6-8-11(13)14/h1,6-8H,5,9H2,2-3H3. The molecule has 1 nitrogen and oxygen atoms in total. The Hall–Kier alpha value is -1.04. The Morgan fingerprint density at radius 1 is 1.56 bits per heavy atom. The van der Waals surface area contributed by atoms with Crippen molar-refractivity contribution in [3.8, 4) is 12.3 Å². The van der Waals surface area contributed by atoms with Crippen LogP contribution in [0.5, 0.6) is 0 Å². The number of benzene rings is 1. The second-order valence-corrected chi connectivity index (χ2v) is 4.32. The highest BCUT2D eigenvalue weighted by atomic mass is 35.5. The maximum Gasteiger partial charge on any atom is 0.0845 e. The van der Waals surface area contributed by atoms with Crippen LogP contribution in [0.15, 0.2) is 18.2 Å². The van der Waals surface area contributed by atoms with E-state index in [9.17, 15) is 0 Å². The van der Waals surface area contributed by atoms with E-state index in [2.05, 4.69) is 5.92 Å². The highest BCUT2D eigenvalue weighted by molar-refractivity contribution is 7.80. The van der Waals surface area contributed by atoms with E-state index in [-0.39, 0.29) is 0 Å². The van der Waals surface area contributed by atoms with Crippen LogP contribution < -0.4 is 4.90 Å². The molecule has 0 atom stereocenters. The van der Waals surface area contributed by atoms with Crippen LogP contribution >= 0.6 is 23.8 Å². The molecule has 0 radical (unpaired) electrons. The van der Waals surface area contributed by atoms with Gasteiger partial charge in [0.05, 0.1) is 22.2 Å². The molecule has 0 spiro atoms. The number of hydrogen-bond acceptors (Lipinski definition) is 1. The van der Waals surface area contributed by atoms with Gasteiger partial charge in [-0.25, -0.2) is 0 Å². The number of anilines is 1. The van der Waals surface area contributed by atoms with Gasteiger partial charge in [-0.3, -0.25) is 0 Å². The summed E-state index contributed by atoms with van der Waals surface area (Å²) in [6.45, 7) is 4.47. The molecule has 0 saturated heterocycles. The topological polar surface area (TPSA) is 3.24 Å². The number of hydrogen-bond donors (Lipinski definition) is 0. The molecule has 84 valence electrons. The fraction of sp³-hybridized carbons (Fsp3) is 0.308. The first-order valence-corrected chi connectivity index (χ1v) is 5.89. The van der Waals surface area contributed by atoms with E-state index in [0.29, 0.717) is 11.6 Å². The van der Waals surface area contributed by atoms with Crippen LogP contribution in [0.1, 0.15) is 18.9 Å². The lowest BCUT2D eigenvalue weighted by Gasteiger charge is -2.25. The van der Waals surface area contributed by atoms with Gasteiger partial charge < -0.3 is 4.90 Å². The molecule has 0 heterocycles. The molecule has 0 aliphatic heterocycles. The number of para-hydroxylation sites is 1. The van der Waals surface area contributed by atoms with Crippen molar-refractivity contribution in [2.24, 2.45) is 0 Å². The molecule has 0 aromatic heterocycles. The lowest BCUT2D eigenvalue weighted by atomic mass is 10.1. The average Bonchev–Trinajstić information content (AvgIpc) is 2.26. The average molecular weight is 252 g/mol. The van der Waals surface area contributed by atoms with Gasteiger partial charge in [0.2, 0.25) is 0 Å². The van der Waals surface area contributed by atoms with E-state index in [4.69, 9.17) is 30.2 Å². The Labute approximate surface area is 107 Å². The highest BCUT2D eigenvalue weighted by Crippen LogP contribution is 2.30. The molecule has 0 aliphatic carbocycles. The van der Waals surface area contributed by atoms with Crippen LogP contribution in [0.3, 0.4) is 0 Å². The third-order valence-electron chi connectivity index (χ3n) is 2.31. The Kier molecular flexibility index (Phi) is 4.79. The predicted molar refractivity (Wildman–Crippen MR) is 75.3 cm³/mol. The van der Waals surface area contributed by atoms with E-state index >= 15 is 0 Å². The van der Waals surface area contributed by atoms with Gasteiger partial charge in [0, 0.05) is 0 Å². The molecular weight excluding hydrogens is 238 g/mol. The van der Waals surface area contributed by atoms with Crippen LogP contribution in [-0.4, -0.2) is 11.5 Å². The number of halogens is 1. The van der Waals surface area contributed by atoms with E-state index in [1.54, 1.807) is 0 Å². The largest absolute Gasteiger partial charge is 0.323 e. The Morgan fingerprint density at radius 2 is 2.25 bits per heavy atom. The van der Waals surface area contributed by atoms with Crippen LogP contribution in [0.25, 0.3) is 0 Å². The minimum absolute atomic E-state index is 0.456. The summed E-state index contributed by atoms with van der Waals surface area (Å²) >= 11 is 11.5. The Bertz CT molecular complexity index is 414. The summed E-state index contributed by atoms with van der Waals surface area (Å²) in [5.74, 6) is 2.62. The number of thiocarbonyl (C=S) groups is 1. The molecule has 0 aliphatic rings. The minimum atomic E-state index is 0.456. The van der Waals surface area contributed by atoms with Gasteiger partial charge in [0.15, 0.2) is 0 Å². The Morgan fingerprint density at radius 3 is 2.75 bits per heavy atom. The van der Waals surface area contributed by atoms with Crippen molar-refractivity contribution < 1.29 is 0 Å². The molecule has 0 saturated carbocycles. The Balaban J connectivity index is 3.21. The molecule has 0 bridgehead atoms. The zero-order valence-electron chi connectivity index (χ0n) is 9.46. The SMILES string of the molecule is C#CCN(C(=S)CC)c1c(C)cccc1Cl. The third kappa shape index (κ3) is 2.75. The van der Waals surface area contributed by atoms with E-state index in [1.165, 1.54) is 0 Å². The van der Waals surface area contributed by atoms with Gasteiger partial charge in [-0.2, -0.15) is 0 Å². The molecule has 0 unspecified atom stereocenters. The highest BCUT2D eigenvalue weighted by Gasteiger charge is 2.14. The van der Waals surface area contributed by atoms with Gasteiger partial charge in [-0.1, -0.05) is 48.8 Å². The molecule has 0 N–H and O–H groups in total. The molecule has 1 aromatic rings. The lowest BCUT2D eigenvalue weighted by Crippen LogP contribution is -2.30. The zero-order chi connectivity index (χ0) is 12.1. The summed E-state index contributed by atoms with van der Waals surface area (Å²) in [6, 6.07) is 5.78. The summed E-state index contributed by atoms with van der Waals surface area (Å²) in [7, 11) is 0. The number of terminal acetylenes is 1. The van der Waals surface area contributed by atoms with Crippen LogP contribution in [0.4, 0.5) is 5.69 Å². The fourth-order valence-electron chi connectivity index (χ4n) is 1.54. The summed E-state index contributed by atoms with van der Waals surface area (Å²) < 4.78 is 0. The smallest absolute Gasteiger partial charge is 0.0845 e. The maximum atomic E-state index is 6.19. The van der Waals surface area contributed by atoms with Crippen LogP contribution in [0.2, 0.25) is 5.02 Å². The van der Waals surface area contributed by atoms with E-state index in [1.807, 2.05) is 36.9 Å². The minimum Gasteiger partial charge on any atom is -0.323 e. The van der Waals surface area contributed by atoms with Crippen molar-refractivity contribution >= 4 is 34.5 Å². The second kappa shape index (κ2) is 5.89. The monoisotopic (exact) mass is 251 g/mol. The van der Waals surface area contributed by atoms with Crippen molar-refractivity contribution in [1.29, 1.82) is 0 Å². The molecule has 0 amide bonds. The van der Waals surface area contributed by atoms with E-state index < -0.39 is 0 Å². The van der Waals surface area contributed by atoms with Crippen LogP contribution in [-0.2, 0) is 0 Å². The molecule has 1 rings (SSSR count). The van der Waals surface area contributed by atoms with Gasteiger partial charge in [0.25, 0.3) is 0 Å². The molecule has 0 fully saturated rings. The third-order valence-corrected chi connectivity index (χ3v) is 3.13. The van der Waals surface area contributed by atoms with Crippen molar-refractivity contribution in [3.63, 3.8) is 0 Å². The molecule has 1 aromatic carbocycles. The summed E-state index contributed by atoms with van der Waals surface area (Å²) in [6.07, 6.45) is 6.14. The lowest BCUT2D eigenvalue weighted by molar-refractivity contribution is 1.11. The maximum absolute atomic E-state index is 6.19. The molecular formula is C13H14ClNS. The quantitative estimate of drug-likeness (QED) is 0.594. The van der Waals surface area contributed by atoms with Gasteiger partial charge in [-0.05, 0) is 25.0 Å². The molecule has 3 heteroatoms. The summed E-state index contributed by atoms with van der Waals surface area (Å²) in [5, 5.41) is 0.686. The number of aryl methyl sites for hydroxylation is 1. The zero-order valence-corrected chi connectivity index (χ0v) is 11.0. The number of nitrogens with zero attached hydrogens (tertiary/aromatic N) is 1. The predicted octanol–water partition coefficient (Wildman–Crippen LogP) is 3.83. The summed E-state index contributed by atoms with van der Waals surface area (Å²) in [4.78, 5) is 2.74. The van der Waals surface area contributed by atoms with Crippen molar-refractivity contribution in [2.45, 2.75) is 20.3 Å². The first-order valence-electron chi connectivity index (χ1n) is 5.10.